The Morgan fingerprint density at radius 3 is 2.82 bits per heavy atom. The van der Waals surface area contributed by atoms with Gasteiger partial charge >= 0.3 is 5.97 Å². The summed E-state index contributed by atoms with van der Waals surface area (Å²) in [5, 5.41) is 11.5. The maximum absolute atomic E-state index is 11.7. The topological polar surface area (TPSA) is 79.3 Å². The highest BCUT2D eigenvalue weighted by molar-refractivity contribution is 5.89. The standard InChI is InChI=1S/C12H14N2O3/c1-7(8-3-2-4-13-6-8)14-11(15)9-5-10(9)12(16)17/h2-4,6-7,9-10H,5H2,1H3,(H,14,15)(H,16,17)/t7-,9+,10+/m0/s1. The van der Waals surface area contributed by atoms with Crippen molar-refractivity contribution in [3.8, 4) is 0 Å². The predicted molar refractivity (Wildman–Crippen MR) is 60.0 cm³/mol. The van der Waals surface area contributed by atoms with Crippen molar-refractivity contribution in [2.75, 3.05) is 0 Å². The lowest BCUT2D eigenvalue weighted by atomic mass is 10.1. The third-order valence-electron chi connectivity index (χ3n) is 2.99. The third kappa shape index (κ3) is 2.61. The van der Waals surface area contributed by atoms with Gasteiger partial charge in [0.05, 0.1) is 17.9 Å². The number of carboxylic acids is 1. The number of pyridine rings is 1. The van der Waals surface area contributed by atoms with Gasteiger partial charge in [0.2, 0.25) is 5.91 Å². The van der Waals surface area contributed by atoms with Crippen molar-refractivity contribution >= 4 is 11.9 Å². The third-order valence-corrected chi connectivity index (χ3v) is 2.99. The Hall–Kier alpha value is -1.91. The number of nitrogens with zero attached hydrogens (tertiary/aromatic N) is 1. The largest absolute Gasteiger partial charge is 0.481 e. The molecular formula is C12H14N2O3. The molecule has 1 fully saturated rings. The van der Waals surface area contributed by atoms with Crippen molar-refractivity contribution in [2.45, 2.75) is 19.4 Å². The Kier molecular flexibility index (Phi) is 3.08. The molecule has 0 aromatic carbocycles. The summed E-state index contributed by atoms with van der Waals surface area (Å²) in [4.78, 5) is 26.3. The molecule has 1 aromatic heterocycles. The van der Waals surface area contributed by atoms with Crippen LogP contribution in [0.15, 0.2) is 24.5 Å². The van der Waals surface area contributed by atoms with Crippen molar-refractivity contribution in [1.29, 1.82) is 0 Å². The Morgan fingerprint density at radius 1 is 1.53 bits per heavy atom. The van der Waals surface area contributed by atoms with E-state index in [0.29, 0.717) is 6.42 Å². The average molecular weight is 234 g/mol. The zero-order valence-corrected chi connectivity index (χ0v) is 9.46. The number of rotatable bonds is 4. The minimum absolute atomic E-state index is 0.147. The Morgan fingerprint density at radius 2 is 2.29 bits per heavy atom. The molecule has 17 heavy (non-hydrogen) atoms. The maximum Gasteiger partial charge on any atom is 0.307 e. The van der Waals surface area contributed by atoms with Gasteiger partial charge in [0.25, 0.3) is 0 Å². The van der Waals surface area contributed by atoms with Gasteiger partial charge in [-0.15, -0.1) is 0 Å². The first kappa shape index (κ1) is 11.6. The van der Waals surface area contributed by atoms with Crippen LogP contribution in [-0.4, -0.2) is 22.0 Å². The van der Waals surface area contributed by atoms with Crippen molar-refractivity contribution in [2.24, 2.45) is 11.8 Å². The number of amides is 1. The van der Waals surface area contributed by atoms with Crippen LogP contribution in [0.1, 0.15) is 24.9 Å². The highest BCUT2D eigenvalue weighted by atomic mass is 16.4. The van der Waals surface area contributed by atoms with Crippen molar-refractivity contribution < 1.29 is 14.7 Å². The number of hydrogen-bond donors (Lipinski definition) is 2. The number of aromatic nitrogens is 1. The summed E-state index contributed by atoms with van der Waals surface area (Å²) in [7, 11) is 0. The van der Waals surface area contributed by atoms with Crippen LogP contribution in [0.25, 0.3) is 0 Å². The molecule has 0 bridgehead atoms. The molecule has 5 heteroatoms. The van der Waals surface area contributed by atoms with E-state index in [9.17, 15) is 9.59 Å². The van der Waals surface area contributed by atoms with Crippen molar-refractivity contribution in [3.05, 3.63) is 30.1 Å². The van der Waals surface area contributed by atoms with Crippen LogP contribution in [0.3, 0.4) is 0 Å². The van der Waals surface area contributed by atoms with Gasteiger partial charge in [0.1, 0.15) is 0 Å². The molecule has 0 radical (unpaired) electrons. The van der Waals surface area contributed by atoms with E-state index < -0.39 is 11.9 Å². The molecule has 3 atom stereocenters. The molecule has 90 valence electrons. The molecule has 1 saturated carbocycles. The Labute approximate surface area is 98.9 Å². The molecule has 0 spiro atoms. The van der Waals surface area contributed by atoms with Crippen LogP contribution in [0.5, 0.6) is 0 Å². The predicted octanol–water partition coefficient (Wildman–Crippen LogP) is 0.980. The molecule has 0 unspecified atom stereocenters. The molecule has 5 nitrogen and oxygen atoms in total. The minimum Gasteiger partial charge on any atom is -0.481 e. The van der Waals surface area contributed by atoms with Crippen LogP contribution in [-0.2, 0) is 9.59 Å². The summed E-state index contributed by atoms with van der Waals surface area (Å²) in [6.45, 7) is 1.85. The zero-order valence-electron chi connectivity index (χ0n) is 9.46. The lowest BCUT2D eigenvalue weighted by molar-refractivity contribution is -0.140. The van der Waals surface area contributed by atoms with E-state index in [1.165, 1.54) is 0 Å². The maximum atomic E-state index is 11.7. The molecule has 1 aromatic rings. The molecule has 2 rings (SSSR count). The van der Waals surface area contributed by atoms with Gasteiger partial charge in [0.15, 0.2) is 0 Å². The number of carbonyl (C=O) groups excluding carboxylic acids is 1. The quantitative estimate of drug-likeness (QED) is 0.813. The van der Waals surface area contributed by atoms with E-state index in [4.69, 9.17) is 5.11 Å². The summed E-state index contributed by atoms with van der Waals surface area (Å²) >= 11 is 0. The fraction of sp³-hybridized carbons (Fsp3) is 0.417. The van der Waals surface area contributed by atoms with Crippen LogP contribution in [0.2, 0.25) is 0 Å². The molecule has 1 heterocycles. The van der Waals surface area contributed by atoms with E-state index in [1.807, 2.05) is 13.0 Å². The SMILES string of the molecule is C[C@H](NC(=O)[C@@H]1C[C@H]1C(=O)O)c1cccnc1. The molecular weight excluding hydrogens is 220 g/mol. The molecule has 0 saturated heterocycles. The van der Waals surface area contributed by atoms with E-state index in [2.05, 4.69) is 10.3 Å². The van der Waals surface area contributed by atoms with Gasteiger partial charge in [-0.2, -0.15) is 0 Å². The fourth-order valence-corrected chi connectivity index (χ4v) is 1.79. The molecule has 0 aliphatic heterocycles. The highest BCUT2D eigenvalue weighted by Gasteiger charge is 2.48. The minimum atomic E-state index is -0.890. The second-order valence-corrected chi connectivity index (χ2v) is 4.30. The summed E-state index contributed by atoms with van der Waals surface area (Å²) in [5.74, 6) is -1.95. The first-order valence-corrected chi connectivity index (χ1v) is 5.52. The fourth-order valence-electron chi connectivity index (χ4n) is 1.79. The lowest BCUT2D eigenvalue weighted by Crippen LogP contribution is -2.29. The van der Waals surface area contributed by atoms with Crippen LogP contribution < -0.4 is 5.32 Å². The second-order valence-electron chi connectivity index (χ2n) is 4.30. The van der Waals surface area contributed by atoms with Crippen molar-refractivity contribution in [3.63, 3.8) is 0 Å². The summed E-state index contributed by atoms with van der Waals surface area (Å²) in [6.07, 6.45) is 3.80. The summed E-state index contributed by atoms with van der Waals surface area (Å²) < 4.78 is 0. The molecule has 1 aliphatic carbocycles. The summed E-state index contributed by atoms with van der Waals surface area (Å²) in [6, 6.07) is 3.53. The molecule has 1 amide bonds. The van der Waals surface area contributed by atoms with Crippen LogP contribution in [0.4, 0.5) is 0 Å². The lowest BCUT2D eigenvalue weighted by Gasteiger charge is -2.13. The number of carboxylic acid groups (broad SMARTS) is 1. The number of aliphatic carboxylic acids is 1. The molecule has 2 N–H and O–H groups in total. The average Bonchev–Trinajstić information content (AvgIpc) is 3.10. The molecule has 1 aliphatic rings. The van der Waals surface area contributed by atoms with Gasteiger partial charge in [-0.3, -0.25) is 14.6 Å². The van der Waals surface area contributed by atoms with E-state index >= 15 is 0 Å². The van der Waals surface area contributed by atoms with E-state index in [1.54, 1.807) is 18.5 Å². The second kappa shape index (κ2) is 4.53. The normalized spacial score (nSPS) is 23.8. The zero-order chi connectivity index (χ0) is 12.4. The van der Waals surface area contributed by atoms with Gasteiger partial charge in [-0.05, 0) is 25.0 Å². The first-order chi connectivity index (χ1) is 8.09. The number of nitrogens with one attached hydrogen (secondary N) is 1. The van der Waals surface area contributed by atoms with Gasteiger partial charge < -0.3 is 10.4 Å². The summed E-state index contributed by atoms with van der Waals surface area (Å²) in [5.41, 5.74) is 0.911. The Bertz CT molecular complexity index is 433. The van der Waals surface area contributed by atoms with Crippen LogP contribution in [0, 0.1) is 11.8 Å². The van der Waals surface area contributed by atoms with E-state index in [0.717, 1.165) is 5.56 Å². The smallest absolute Gasteiger partial charge is 0.307 e. The number of carbonyl (C=O) groups is 2. The van der Waals surface area contributed by atoms with Gasteiger partial charge in [-0.25, -0.2) is 0 Å². The monoisotopic (exact) mass is 234 g/mol. The highest BCUT2D eigenvalue weighted by Crippen LogP contribution is 2.39. The number of hydrogen-bond acceptors (Lipinski definition) is 3. The van der Waals surface area contributed by atoms with Crippen LogP contribution >= 0.6 is 0 Å². The first-order valence-electron chi connectivity index (χ1n) is 5.52. The van der Waals surface area contributed by atoms with Crippen molar-refractivity contribution in [1.82, 2.24) is 10.3 Å². The van der Waals surface area contributed by atoms with Gasteiger partial charge in [0, 0.05) is 12.4 Å². The van der Waals surface area contributed by atoms with Gasteiger partial charge in [-0.1, -0.05) is 6.07 Å². The van der Waals surface area contributed by atoms with E-state index in [-0.39, 0.29) is 17.9 Å². The Balaban J connectivity index is 1.90.